The Labute approximate surface area is 332 Å². The van der Waals surface area contributed by atoms with E-state index in [-0.39, 0.29) is 31.4 Å². The maximum absolute atomic E-state index is 14.6. The van der Waals surface area contributed by atoms with E-state index in [0.717, 1.165) is 48.1 Å². The zero-order valence-corrected chi connectivity index (χ0v) is 34.1. The van der Waals surface area contributed by atoms with E-state index in [1.165, 1.54) is 4.90 Å². The minimum absolute atomic E-state index is 0.0123. The molecule has 14 nitrogen and oxygen atoms in total. The number of amides is 4. The minimum atomic E-state index is -3.90. The fourth-order valence-electron chi connectivity index (χ4n) is 7.56. The van der Waals surface area contributed by atoms with Crippen molar-refractivity contribution < 1.29 is 41.9 Å². The highest BCUT2D eigenvalue weighted by atomic mass is 32.2. The molecular weight excluding hydrogens is 759 g/mol. The molecule has 3 aliphatic carbocycles. The molecule has 0 radical (unpaired) electrons. The molecule has 0 spiro atoms. The third kappa shape index (κ3) is 9.56. The molecule has 2 heterocycles. The van der Waals surface area contributed by atoms with Crippen molar-refractivity contribution in [3.8, 4) is 16.2 Å². The number of allylic oxidation sites excluding steroid dienone is 1. The quantitative estimate of drug-likeness (QED) is 0.123. The van der Waals surface area contributed by atoms with Crippen molar-refractivity contribution in [2.24, 2.45) is 16.5 Å². The van der Waals surface area contributed by atoms with E-state index in [1.54, 1.807) is 30.7 Å². The Morgan fingerprint density at radius 3 is 2.48 bits per heavy atom. The van der Waals surface area contributed by atoms with Crippen LogP contribution >= 0.6 is 11.3 Å². The Morgan fingerprint density at radius 1 is 1.09 bits per heavy atom. The van der Waals surface area contributed by atoms with E-state index in [1.807, 2.05) is 56.5 Å². The molecule has 3 saturated carbocycles. The van der Waals surface area contributed by atoms with Crippen molar-refractivity contribution >= 4 is 51.4 Å². The zero-order chi connectivity index (χ0) is 40.3. The lowest BCUT2D eigenvalue weighted by Gasteiger charge is -2.35. The monoisotopic (exact) mass is 811 g/mol. The Hall–Kier alpha value is -4.44. The van der Waals surface area contributed by atoms with Crippen molar-refractivity contribution in [1.29, 1.82) is 0 Å². The van der Waals surface area contributed by atoms with Crippen LogP contribution in [0.3, 0.4) is 0 Å². The van der Waals surface area contributed by atoms with Crippen molar-refractivity contribution in [2.75, 3.05) is 13.7 Å². The highest BCUT2D eigenvalue weighted by Gasteiger charge is 2.62. The molecule has 0 bridgehead atoms. The lowest BCUT2D eigenvalue weighted by Crippen LogP contribution is -2.60. The summed E-state index contributed by atoms with van der Waals surface area (Å²) in [6.45, 7) is 9.14. The summed E-state index contributed by atoms with van der Waals surface area (Å²) in [5.74, 6) is -1.75. The molecule has 4 amide bonds. The van der Waals surface area contributed by atoms with Gasteiger partial charge in [-0.25, -0.2) is 13.2 Å². The molecule has 2 aromatic rings. The molecule has 1 aromatic carbocycles. The van der Waals surface area contributed by atoms with Crippen LogP contribution < -0.4 is 20.1 Å². The molecule has 1 saturated heterocycles. The number of nitrogens with one attached hydrogen (secondary N) is 3. The van der Waals surface area contributed by atoms with Crippen LogP contribution in [0.5, 0.6) is 5.75 Å². The SMILES string of the molecule is C=CC[C@@H]1C[C@]1(NC(=O)[C@@H]1C[C@@H](O/N=C/c2cc(OC)ccc2-c2cccs2)CN1C(=O)[C@@H](NC(=O)OC1CCCCC1)C(C)(C)C)C(=O)NS(=O)(=O)C1CC1. The number of oxime groups is 1. The first-order valence-electron chi connectivity index (χ1n) is 19.3. The predicted molar refractivity (Wildman–Crippen MR) is 213 cm³/mol. The van der Waals surface area contributed by atoms with Gasteiger partial charge in [0, 0.05) is 22.4 Å². The van der Waals surface area contributed by atoms with Crippen molar-refractivity contribution in [1.82, 2.24) is 20.3 Å². The van der Waals surface area contributed by atoms with Gasteiger partial charge in [-0.2, -0.15) is 0 Å². The lowest BCUT2D eigenvalue weighted by molar-refractivity contribution is -0.143. The first-order valence-corrected chi connectivity index (χ1v) is 21.8. The van der Waals surface area contributed by atoms with Gasteiger partial charge in [-0.1, -0.05) is 44.5 Å². The molecule has 6 rings (SSSR count). The molecule has 4 aliphatic rings. The number of thiophene rings is 1. The van der Waals surface area contributed by atoms with Gasteiger partial charge in [-0.05, 0) is 92.3 Å². The first-order chi connectivity index (χ1) is 26.6. The van der Waals surface area contributed by atoms with Crippen LogP contribution in [0.15, 0.2) is 53.5 Å². The summed E-state index contributed by atoms with van der Waals surface area (Å²) < 4.78 is 38.9. The van der Waals surface area contributed by atoms with E-state index >= 15 is 0 Å². The van der Waals surface area contributed by atoms with Crippen LogP contribution in [0, 0.1) is 11.3 Å². The molecule has 3 N–H and O–H groups in total. The molecule has 1 aromatic heterocycles. The van der Waals surface area contributed by atoms with Crippen LogP contribution in [0.1, 0.15) is 90.5 Å². The molecular formula is C40H53N5O9S2. The van der Waals surface area contributed by atoms with Crippen molar-refractivity contribution in [3.63, 3.8) is 0 Å². The largest absolute Gasteiger partial charge is 0.497 e. The Morgan fingerprint density at radius 2 is 1.84 bits per heavy atom. The van der Waals surface area contributed by atoms with Crippen LogP contribution in [0.4, 0.5) is 4.79 Å². The number of carbonyl (C=O) groups excluding carboxylic acids is 4. The second-order valence-electron chi connectivity index (χ2n) is 16.3. The van der Waals surface area contributed by atoms with Gasteiger partial charge in [-0.15, -0.1) is 17.9 Å². The second kappa shape index (κ2) is 17.0. The summed E-state index contributed by atoms with van der Waals surface area (Å²) in [5.41, 5.74) is -0.653. The van der Waals surface area contributed by atoms with E-state index in [9.17, 15) is 27.6 Å². The number of benzene rings is 1. The fourth-order valence-corrected chi connectivity index (χ4v) is 9.70. The molecule has 16 heteroatoms. The predicted octanol–water partition coefficient (Wildman–Crippen LogP) is 5.28. The zero-order valence-electron chi connectivity index (χ0n) is 32.5. The Bertz CT molecular complexity index is 1920. The number of sulfonamides is 1. The maximum Gasteiger partial charge on any atom is 0.408 e. The van der Waals surface area contributed by atoms with Crippen LogP contribution in [0.25, 0.3) is 10.4 Å². The van der Waals surface area contributed by atoms with Gasteiger partial charge in [0.05, 0.1) is 25.1 Å². The average Bonchev–Trinajstić information content (AvgIpc) is 4.02. The minimum Gasteiger partial charge on any atom is -0.497 e. The van der Waals surface area contributed by atoms with E-state index < -0.39 is 68.2 Å². The normalized spacial score (nSPS) is 24.6. The van der Waals surface area contributed by atoms with E-state index in [0.29, 0.717) is 25.0 Å². The Kier molecular flexibility index (Phi) is 12.5. The highest BCUT2D eigenvalue weighted by molar-refractivity contribution is 7.91. The summed E-state index contributed by atoms with van der Waals surface area (Å²) in [4.78, 5) is 64.1. The first kappa shape index (κ1) is 41.2. The van der Waals surface area contributed by atoms with Gasteiger partial charge in [0.15, 0.2) is 0 Å². The third-order valence-corrected chi connectivity index (χ3v) is 13.7. The van der Waals surface area contributed by atoms with Crippen LogP contribution in [0.2, 0.25) is 0 Å². The molecule has 1 aliphatic heterocycles. The average molecular weight is 812 g/mol. The standard InChI is InChI=1S/C40H53N5O9S2/c1-6-11-26-22-40(26,37(48)44-56(50,51)30-16-17-30)43-35(46)32-21-29(54-41-23-25-20-28(52-5)15-18-31(25)33-14-10-19-55-33)24-45(32)36(47)34(39(2,3)4)42-38(49)53-27-12-8-7-9-13-27/h6,10,14-15,18-20,23,26-27,29-30,32,34H,1,7-9,11-13,16-17,21-22,24H2,2-5H3,(H,42,49)(H,43,46)(H,44,48)/b41-23+/t26-,29-,32+,34-,40-/m1/s1. The second-order valence-corrected chi connectivity index (χ2v) is 19.2. The van der Waals surface area contributed by atoms with Gasteiger partial charge in [0.2, 0.25) is 21.8 Å². The molecule has 5 atom stereocenters. The summed E-state index contributed by atoms with van der Waals surface area (Å²) >= 11 is 1.57. The summed E-state index contributed by atoms with van der Waals surface area (Å²) in [6, 6.07) is 7.34. The fraction of sp³-hybridized carbons (Fsp3) is 0.575. The maximum atomic E-state index is 14.6. The van der Waals surface area contributed by atoms with Crippen LogP contribution in [-0.2, 0) is 34.0 Å². The van der Waals surface area contributed by atoms with Crippen molar-refractivity contribution in [3.05, 3.63) is 53.9 Å². The number of nitrogens with zero attached hydrogens (tertiary/aromatic N) is 2. The summed E-state index contributed by atoms with van der Waals surface area (Å²) in [6.07, 6.45) is 7.49. The van der Waals surface area contributed by atoms with E-state index in [2.05, 4.69) is 27.1 Å². The summed E-state index contributed by atoms with van der Waals surface area (Å²) in [5, 5.41) is 11.3. The number of methoxy groups -OCH3 is 1. The number of hydrogen-bond donors (Lipinski definition) is 3. The molecule has 4 fully saturated rings. The van der Waals surface area contributed by atoms with Gasteiger partial charge in [-0.3, -0.25) is 19.1 Å². The van der Waals surface area contributed by atoms with Crippen LogP contribution in [-0.4, -0.2) is 92.1 Å². The number of alkyl carbamates (subject to hydrolysis) is 1. The van der Waals surface area contributed by atoms with Crippen molar-refractivity contribution in [2.45, 2.75) is 120 Å². The number of hydrogen-bond acceptors (Lipinski definition) is 11. The lowest BCUT2D eigenvalue weighted by atomic mass is 9.85. The topological polar surface area (TPSA) is 182 Å². The van der Waals surface area contributed by atoms with Gasteiger partial charge < -0.3 is 29.8 Å². The number of ether oxygens (including phenoxy) is 2. The van der Waals surface area contributed by atoms with Gasteiger partial charge in [0.1, 0.15) is 35.6 Å². The molecule has 0 unspecified atom stereocenters. The summed E-state index contributed by atoms with van der Waals surface area (Å²) in [7, 11) is -2.32. The van der Waals surface area contributed by atoms with E-state index in [4.69, 9.17) is 14.3 Å². The van der Waals surface area contributed by atoms with Gasteiger partial charge >= 0.3 is 6.09 Å². The molecule has 304 valence electrons. The number of carbonyl (C=O) groups is 4. The van der Waals surface area contributed by atoms with Gasteiger partial charge in [0.25, 0.3) is 5.91 Å². The highest BCUT2D eigenvalue weighted by Crippen LogP contribution is 2.47. The number of rotatable bonds is 15. The smallest absolute Gasteiger partial charge is 0.408 e. The Balaban J connectivity index is 1.25. The number of likely N-dealkylation sites (tertiary alicyclic amines) is 1. The molecule has 56 heavy (non-hydrogen) atoms. The third-order valence-electron chi connectivity index (χ3n) is 11.0.